The van der Waals surface area contributed by atoms with Crippen molar-refractivity contribution < 1.29 is 0 Å². The second-order valence-electron chi connectivity index (χ2n) is 4.27. The molecular weight excluding hydrogens is 192 g/mol. The summed E-state index contributed by atoms with van der Waals surface area (Å²) in [5, 5.41) is 0. The molecule has 0 nitrogen and oxygen atoms in total. The summed E-state index contributed by atoms with van der Waals surface area (Å²) < 4.78 is 0. The molecule has 0 rings (SSSR count). The normalized spacial score (nSPS) is 10.7. The van der Waals surface area contributed by atoms with Crippen molar-refractivity contribution in [2.75, 3.05) is 0 Å². The van der Waals surface area contributed by atoms with E-state index in [1.54, 1.807) is 0 Å². The summed E-state index contributed by atoms with van der Waals surface area (Å²) in [4.78, 5) is 0. The summed E-state index contributed by atoms with van der Waals surface area (Å²) in [5.74, 6) is 1.02. The van der Waals surface area contributed by atoms with Crippen LogP contribution in [0.3, 0.4) is 0 Å². The van der Waals surface area contributed by atoms with Gasteiger partial charge in [-0.3, -0.25) is 0 Å². The molecule has 0 amide bonds. The van der Waals surface area contributed by atoms with Gasteiger partial charge in [-0.25, -0.2) is 0 Å². The minimum absolute atomic E-state index is 0. The molecule has 16 heavy (non-hydrogen) atoms. The third-order valence-electron chi connectivity index (χ3n) is 3.01. The Morgan fingerprint density at radius 2 is 1.12 bits per heavy atom. The summed E-state index contributed by atoms with van der Waals surface area (Å²) in [6.07, 6.45) is 12.9. The van der Waals surface area contributed by atoms with E-state index in [9.17, 15) is 0 Å². The Bertz CT molecular complexity index is 86.0. The van der Waals surface area contributed by atoms with Gasteiger partial charge in [0, 0.05) is 0 Å². The van der Waals surface area contributed by atoms with Crippen molar-refractivity contribution in [3.8, 4) is 0 Å². The highest BCUT2D eigenvalue weighted by Crippen LogP contribution is 2.19. The molecule has 0 N–H and O–H groups in total. The highest BCUT2D eigenvalue weighted by Gasteiger charge is 2.04. The second-order valence-corrected chi connectivity index (χ2v) is 4.27. The van der Waals surface area contributed by atoms with E-state index in [-0.39, 0.29) is 22.3 Å². The van der Waals surface area contributed by atoms with Crippen molar-refractivity contribution in [2.24, 2.45) is 5.92 Å². The van der Waals surface area contributed by atoms with Crippen LogP contribution in [-0.4, -0.2) is 0 Å². The Kier molecular flexibility index (Phi) is 31.9. The maximum absolute atomic E-state index is 2.35. The summed E-state index contributed by atoms with van der Waals surface area (Å²) >= 11 is 0. The number of rotatable bonds is 9. The van der Waals surface area contributed by atoms with E-state index < -0.39 is 0 Å². The van der Waals surface area contributed by atoms with Crippen molar-refractivity contribution in [1.82, 2.24) is 0 Å². The molecule has 0 aliphatic carbocycles. The van der Waals surface area contributed by atoms with Gasteiger partial charge in [-0.05, 0) is 5.92 Å². The Hall–Kier alpha value is 0. The van der Waals surface area contributed by atoms with Crippen LogP contribution in [0.15, 0.2) is 0 Å². The van der Waals surface area contributed by atoms with Gasteiger partial charge in [0.15, 0.2) is 0 Å². The number of hydrogen-bond donors (Lipinski definition) is 0. The standard InChI is InChI=1S/C13H28.3CH4/c1-4-7-9-10-12-13(6-3)11-8-5-2;;;/h13H,4-12H2,1-3H3;3*1H4. The zero-order chi connectivity index (χ0) is 9.94. The summed E-state index contributed by atoms with van der Waals surface area (Å²) in [6, 6.07) is 0. The first-order valence-electron chi connectivity index (χ1n) is 6.35. The SMILES string of the molecule is C.C.C.CCCCCCC(CC)CCCC. The van der Waals surface area contributed by atoms with Crippen molar-refractivity contribution in [3.63, 3.8) is 0 Å². The van der Waals surface area contributed by atoms with Crippen LogP contribution >= 0.6 is 0 Å². The molecule has 104 valence electrons. The molecule has 0 heteroatoms. The van der Waals surface area contributed by atoms with Gasteiger partial charge in [0.25, 0.3) is 0 Å². The minimum Gasteiger partial charge on any atom is -0.0776 e. The van der Waals surface area contributed by atoms with Gasteiger partial charge in [-0.15, -0.1) is 0 Å². The van der Waals surface area contributed by atoms with Gasteiger partial charge >= 0.3 is 0 Å². The Morgan fingerprint density at radius 1 is 0.625 bits per heavy atom. The van der Waals surface area contributed by atoms with Crippen LogP contribution in [0.4, 0.5) is 0 Å². The molecule has 0 bridgehead atoms. The third kappa shape index (κ3) is 16.4. The quantitative estimate of drug-likeness (QED) is 0.372. The first-order chi connectivity index (χ1) is 6.35. The Labute approximate surface area is 107 Å². The molecule has 0 saturated heterocycles. The first-order valence-corrected chi connectivity index (χ1v) is 6.35. The maximum atomic E-state index is 2.35. The molecule has 0 heterocycles. The molecule has 0 fully saturated rings. The lowest BCUT2D eigenvalue weighted by Gasteiger charge is -2.13. The van der Waals surface area contributed by atoms with Crippen molar-refractivity contribution >= 4 is 0 Å². The zero-order valence-electron chi connectivity index (χ0n) is 9.94. The highest BCUT2D eigenvalue weighted by atomic mass is 14.1. The van der Waals surface area contributed by atoms with E-state index in [1.165, 1.54) is 57.8 Å². The van der Waals surface area contributed by atoms with Gasteiger partial charge in [-0.1, -0.05) is 101 Å². The van der Waals surface area contributed by atoms with Crippen LogP contribution in [0.5, 0.6) is 0 Å². The van der Waals surface area contributed by atoms with E-state index in [0.717, 1.165) is 5.92 Å². The van der Waals surface area contributed by atoms with Crippen LogP contribution in [0.25, 0.3) is 0 Å². The van der Waals surface area contributed by atoms with Gasteiger partial charge in [0.2, 0.25) is 0 Å². The fourth-order valence-electron chi connectivity index (χ4n) is 1.91. The van der Waals surface area contributed by atoms with Crippen molar-refractivity contribution in [2.45, 2.75) is 101 Å². The molecular formula is C16H40. The van der Waals surface area contributed by atoms with Crippen LogP contribution in [0, 0.1) is 5.92 Å². The van der Waals surface area contributed by atoms with Gasteiger partial charge in [0.05, 0.1) is 0 Å². The second kappa shape index (κ2) is 20.4. The summed E-state index contributed by atoms with van der Waals surface area (Å²) in [7, 11) is 0. The molecule has 0 aromatic heterocycles. The van der Waals surface area contributed by atoms with Crippen LogP contribution in [-0.2, 0) is 0 Å². The van der Waals surface area contributed by atoms with Gasteiger partial charge < -0.3 is 0 Å². The molecule has 1 unspecified atom stereocenters. The van der Waals surface area contributed by atoms with Crippen LogP contribution in [0.2, 0.25) is 0 Å². The average molecular weight is 232 g/mol. The fourth-order valence-corrected chi connectivity index (χ4v) is 1.91. The maximum Gasteiger partial charge on any atom is -0.0417 e. The lowest BCUT2D eigenvalue weighted by atomic mass is 9.93. The van der Waals surface area contributed by atoms with E-state index in [0.29, 0.717) is 0 Å². The molecule has 0 aromatic carbocycles. The van der Waals surface area contributed by atoms with E-state index >= 15 is 0 Å². The van der Waals surface area contributed by atoms with Crippen LogP contribution < -0.4 is 0 Å². The third-order valence-corrected chi connectivity index (χ3v) is 3.01. The van der Waals surface area contributed by atoms with E-state index in [4.69, 9.17) is 0 Å². The first kappa shape index (κ1) is 25.0. The lowest BCUT2D eigenvalue weighted by Crippen LogP contribution is -1.98. The molecule has 0 saturated carbocycles. The lowest BCUT2D eigenvalue weighted by molar-refractivity contribution is 0.401. The predicted octanol–water partition coefficient (Wildman–Crippen LogP) is 7.08. The largest absolute Gasteiger partial charge is 0.0776 e. The highest BCUT2D eigenvalue weighted by molar-refractivity contribution is 4.57. The smallest absolute Gasteiger partial charge is 0.0417 e. The monoisotopic (exact) mass is 232 g/mol. The van der Waals surface area contributed by atoms with Crippen LogP contribution in [0.1, 0.15) is 101 Å². The molecule has 0 aliphatic heterocycles. The molecule has 1 atom stereocenters. The Morgan fingerprint density at radius 3 is 1.56 bits per heavy atom. The zero-order valence-corrected chi connectivity index (χ0v) is 9.94. The molecule has 0 aromatic rings. The number of unbranched alkanes of at least 4 members (excludes halogenated alkanes) is 4. The predicted molar refractivity (Wildman–Crippen MR) is 82.3 cm³/mol. The molecule has 0 spiro atoms. The minimum atomic E-state index is 0. The average Bonchev–Trinajstić information content (AvgIpc) is 2.17. The summed E-state index contributed by atoms with van der Waals surface area (Å²) in [6.45, 7) is 6.93. The molecule has 0 aliphatic rings. The molecule has 0 radical (unpaired) electrons. The van der Waals surface area contributed by atoms with E-state index in [2.05, 4.69) is 20.8 Å². The van der Waals surface area contributed by atoms with Crippen molar-refractivity contribution in [1.29, 1.82) is 0 Å². The van der Waals surface area contributed by atoms with Gasteiger partial charge in [0.1, 0.15) is 0 Å². The Balaban J connectivity index is -0.000000240. The van der Waals surface area contributed by atoms with Gasteiger partial charge in [-0.2, -0.15) is 0 Å². The topological polar surface area (TPSA) is 0 Å². The van der Waals surface area contributed by atoms with Crippen molar-refractivity contribution in [3.05, 3.63) is 0 Å². The van der Waals surface area contributed by atoms with E-state index in [1.807, 2.05) is 0 Å². The fraction of sp³-hybridized carbons (Fsp3) is 1.00. The number of hydrogen-bond acceptors (Lipinski definition) is 0. The summed E-state index contributed by atoms with van der Waals surface area (Å²) in [5.41, 5.74) is 0.